The van der Waals surface area contributed by atoms with E-state index in [1.807, 2.05) is 0 Å². The first kappa shape index (κ1) is 10.0. The number of allylic oxidation sites excluding steroid dienone is 4. The summed E-state index contributed by atoms with van der Waals surface area (Å²) in [6.45, 7) is 0. The summed E-state index contributed by atoms with van der Waals surface area (Å²) < 4.78 is 9.39. The maximum atomic E-state index is 9.39. The van der Waals surface area contributed by atoms with Gasteiger partial charge in [0.2, 0.25) is 0 Å². The first-order valence-corrected chi connectivity index (χ1v) is 4.06. The molecule has 1 aliphatic carbocycles. The predicted octanol–water partition coefficient (Wildman–Crippen LogP) is 3.09. The van der Waals surface area contributed by atoms with Crippen molar-refractivity contribution in [2.45, 2.75) is 25.7 Å². The van der Waals surface area contributed by atoms with Gasteiger partial charge in [-0.2, -0.15) is 0 Å². The summed E-state index contributed by atoms with van der Waals surface area (Å²) in [5.74, 6) is 0. The van der Waals surface area contributed by atoms with E-state index in [0.717, 1.165) is 18.8 Å². The molecule has 0 nitrogen and oxygen atoms in total. The molecule has 0 aromatic carbocycles. The van der Waals surface area contributed by atoms with Crippen LogP contribution in [-0.2, 0) is 18.8 Å². The Bertz CT molecular complexity index is 93.8. The van der Waals surface area contributed by atoms with Gasteiger partial charge in [-0.3, -0.25) is 0 Å². The third kappa shape index (κ3) is 6.16. The van der Waals surface area contributed by atoms with Crippen molar-refractivity contribution >= 4 is 0 Å². The molecular formula is C8H12FRh. The Hall–Kier alpha value is 0.0334. The van der Waals surface area contributed by atoms with Crippen LogP contribution in [0.25, 0.3) is 0 Å². The summed E-state index contributed by atoms with van der Waals surface area (Å²) in [5.41, 5.74) is 0. The van der Waals surface area contributed by atoms with Crippen molar-refractivity contribution < 1.29 is 22.1 Å². The van der Waals surface area contributed by atoms with Gasteiger partial charge in [0.1, 0.15) is 0 Å². The average Bonchev–Trinajstić information content (AvgIpc) is 1.90. The van der Waals surface area contributed by atoms with Gasteiger partial charge in [0.05, 0.1) is 0 Å². The molecule has 0 N–H and O–H groups in total. The monoisotopic (exact) mass is 230 g/mol. The molecule has 0 aromatic heterocycles. The molecule has 0 unspecified atom stereocenters. The molecule has 0 fully saturated rings. The second-order valence-electron chi connectivity index (χ2n) is 2.14. The molecule has 0 saturated carbocycles. The van der Waals surface area contributed by atoms with E-state index in [1.165, 1.54) is 25.7 Å². The Morgan fingerprint density at radius 1 is 0.900 bits per heavy atom. The van der Waals surface area contributed by atoms with Gasteiger partial charge in [-0.1, -0.05) is 24.3 Å². The molecule has 60 valence electrons. The van der Waals surface area contributed by atoms with Crippen LogP contribution in [0.4, 0.5) is 3.32 Å². The molecule has 0 atom stereocenters. The third-order valence-electron chi connectivity index (χ3n) is 1.37. The van der Waals surface area contributed by atoms with Crippen molar-refractivity contribution in [3.63, 3.8) is 0 Å². The van der Waals surface area contributed by atoms with Crippen LogP contribution in [0.2, 0.25) is 0 Å². The van der Waals surface area contributed by atoms with Crippen molar-refractivity contribution in [2.75, 3.05) is 0 Å². The Morgan fingerprint density at radius 2 is 1.30 bits per heavy atom. The first-order valence-electron chi connectivity index (χ1n) is 3.44. The van der Waals surface area contributed by atoms with Gasteiger partial charge >= 0.3 is 22.1 Å². The van der Waals surface area contributed by atoms with E-state index in [9.17, 15) is 3.32 Å². The van der Waals surface area contributed by atoms with E-state index in [0.29, 0.717) is 0 Å². The minimum atomic E-state index is 1.05. The van der Waals surface area contributed by atoms with E-state index >= 15 is 0 Å². The standard InChI is InChI=1S/C8H12.FH.Rh/c1-2-4-6-8-7-5-3-1;;/h1-4H,5-8H2;1H;/q;;+1/p-1/b3-1-,4-2-;;. The van der Waals surface area contributed by atoms with Crippen molar-refractivity contribution in [3.8, 4) is 0 Å². The summed E-state index contributed by atoms with van der Waals surface area (Å²) in [4.78, 5) is 0. The van der Waals surface area contributed by atoms with Crippen molar-refractivity contribution in [1.82, 2.24) is 0 Å². The zero-order chi connectivity index (χ0) is 7.66. The molecule has 10 heavy (non-hydrogen) atoms. The molecule has 0 bridgehead atoms. The van der Waals surface area contributed by atoms with Crippen LogP contribution in [0.1, 0.15) is 25.7 Å². The normalized spacial score (nSPS) is 23.1. The third-order valence-corrected chi connectivity index (χ3v) is 1.37. The summed E-state index contributed by atoms with van der Waals surface area (Å²) in [6, 6.07) is 0. The Kier molecular flexibility index (Phi) is 9.06. The molecule has 1 rings (SSSR count). The fourth-order valence-electron chi connectivity index (χ4n) is 0.874. The molecular weight excluding hydrogens is 218 g/mol. The number of halogens is 1. The van der Waals surface area contributed by atoms with Gasteiger partial charge in [-0.15, -0.1) is 0 Å². The second-order valence-corrected chi connectivity index (χ2v) is 2.14. The fraction of sp³-hybridized carbons (Fsp3) is 0.500. The van der Waals surface area contributed by atoms with Crippen LogP contribution >= 0.6 is 0 Å². The van der Waals surface area contributed by atoms with E-state index in [-0.39, 0.29) is 0 Å². The van der Waals surface area contributed by atoms with Crippen molar-refractivity contribution in [3.05, 3.63) is 24.3 Å². The molecule has 0 radical (unpaired) electrons. The molecule has 0 spiro atoms. The number of hydrogen-bond donors (Lipinski definition) is 0. The van der Waals surface area contributed by atoms with Gasteiger partial charge in [-0.05, 0) is 25.7 Å². The second kappa shape index (κ2) is 9.03. The first-order chi connectivity index (χ1) is 5.00. The van der Waals surface area contributed by atoms with Crippen LogP contribution in [-0.4, -0.2) is 0 Å². The zero-order valence-electron chi connectivity index (χ0n) is 5.85. The number of hydrogen-bond acceptors (Lipinski definition) is 0. The fourth-order valence-corrected chi connectivity index (χ4v) is 0.874. The Labute approximate surface area is 72.5 Å². The molecule has 0 heterocycles. The predicted molar refractivity (Wildman–Crippen MR) is 37.9 cm³/mol. The summed E-state index contributed by atoms with van der Waals surface area (Å²) in [6.07, 6.45) is 14.0. The molecule has 0 amide bonds. The van der Waals surface area contributed by atoms with Gasteiger partial charge in [0, 0.05) is 0 Å². The van der Waals surface area contributed by atoms with Crippen molar-refractivity contribution in [1.29, 1.82) is 0 Å². The molecule has 0 saturated heterocycles. The van der Waals surface area contributed by atoms with Gasteiger partial charge in [0.15, 0.2) is 0 Å². The van der Waals surface area contributed by atoms with E-state index in [2.05, 4.69) is 24.3 Å². The van der Waals surface area contributed by atoms with Crippen LogP contribution in [0.5, 0.6) is 0 Å². The Morgan fingerprint density at radius 3 is 1.70 bits per heavy atom. The SMILES string of the molecule is C1=C\CCCC\C=C/1.[F][Rh]. The molecule has 0 aliphatic heterocycles. The van der Waals surface area contributed by atoms with Crippen LogP contribution < -0.4 is 0 Å². The summed E-state index contributed by atoms with van der Waals surface area (Å²) >= 11 is 1.05. The average molecular weight is 230 g/mol. The Balaban J connectivity index is 0.000000371. The van der Waals surface area contributed by atoms with E-state index < -0.39 is 0 Å². The molecule has 0 aromatic rings. The van der Waals surface area contributed by atoms with Gasteiger partial charge in [0.25, 0.3) is 0 Å². The topological polar surface area (TPSA) is 0 Å². The summed E-state index contributed by atoms with van der Waals surface area (Å²) in [7, 11) is 0. The van der Waals surface area contributed by atoms with E-state index in [4.69, 9.17) is 0 Å². The minimum absolute atomic E-state index is 1.05. The molecule has 1 aliphatic rings. The number of rotatable bonds is 0. The van der Waals surface area contributed by atoms with E-state index in [1.54, 1.807) is 0 Å². The summed E-state index contributed by atoms with van der Waals surface area (Å²) in [5, 5.41) is 0. The van der Waals surface area contributed by atoms with Crippen LogP contribution in [0, 0.1) is 0 Å². The van der Waals surface area contributed by atoms with Crippen LogP contribution in [0.3, 0.4) is 0 Å². The quantitative estimate of drug-likeness (QED) is 0.561. The van der Waals surface area contributed by atoms with Crippen molar-refractivity contribution in [2.24, 2.45) is 0 Å². The maximum absolute atomic E-state index is 9.39. The van der Waals surface area contributed by atoms with Gasteiger partial charge < -0.3 is 0 Å². The van der Waals surface area contributed by atoms with Crippen LogP contribution in [0.15, 0.2) is 24.3 Å². The molecule has 2 heteroatoms. The van der Waals surface area contributed by atoms with Gasteiger partial charge in [-0.25, -0.2) is 0 Å². The zero-order valence-corrected chi connectivity index (χ0v) is 7.49.